The molecule has 28 heavy (non-hydrogen) atoms. The molecule has 2 aromatic heterocycles. The first kappa shape index (κ1) is 19.4. The van der Waals surface area contributed by atoms with E-state index in [2.05, 4.69) is 9.82 Å². The van der Waals surface area contributed by atoms with Crippen molar-refractivity contribution in [3.8, 4) is 0 Å². The highest BCUT2D eigenvalue weighted by atomic mass is 35.5. The largest absolute Gasteiger partial charge is 0.417 e. The summed E-state index contributed by atoms with van der Waals surface area (Å²) in [5, 5.41) is 4.19. The Morgan fingerprint density at radius 2 is 1.75 bits per heavy atom. The van der Waals surface area contributed by atoms with Gasteiger partial charge in [0.2, 0.25) is 0 Å². The summed E-state index contributed by atoms with van der Waals surface area (Å²) in [4.78, 5) is -0.568. The minimum Gasteiger partial charge on any atom is -0.263 e. The second-order valence-electron chi connectivity index (χ2n) is 6.45. The molecule has 1 aromatic carbocycles. The number of nitrogens with one attached hydrogen (secondary N) is 1. The van der Waals surface area contributed by atoms with E-state index in [1.807, 2.05) is 0 Å². The van der Waals surface area contributed by atoms with Crippen LogP contribution in [0.25, 0.3) is 5.52 Å². The van der Waals surface area contributed by atoms with Gasteiger partial charge < -0.3 is 0 Å². The first-order valence-electron chi connectivity index (χ1n) is 8.14. The maximum atomic E-state index is 13.1. The third-order valence-electron chi connectivity index (χ3n) is 4.38. The van der Waals surface area contributed by atoms with Crippen molar-refractivity contribution in [1.29, 1.82) is 0 Å². The molecule has 0 amide bonds. The molecule has 0 bridgehead atoms. The van der Waals surface area contributed by atoms with E-state index in [1.54, 1.807) is 6.07 Å². The van der Waals surface area contributed by atoms with Crippen LogP contribution in [0.15, 0.2) is 41.3 Å². The molecule has 0 radical (unpaired) electrons. The van der Waals surface area contributed by atoms with Crippen molar-refractivity contribution in [3.05, 3.63) is 57.7 Å². The molecule has 1 saturated carbocycles. The molecule has 4 rings (SSSR count). The first-order valence-corrected chi connectivity index (χ1v) is 10.4. The number of nitrogens with zero attached hydrogens (tertiary/aromatic N) is 2. The van der Waals surface area contributed by atoms with Gasteiger partial charge in [-0.1, -0.05) is 23.2 Å². The standard InChI is InChI=1S/C17H12Cl2F3N3O2S/c18-12-4-3-10(7-11(12)17(20,21)22)28(26,27)24-16-6-5-13(19)15-8-14(9-1-2-9)23-25(15)16/h3-9,24H,1-2H2. The molecule has 0 unspecified atom stereocenters. The van der Waals surface area contributed by atoms with Crippen molar-refractivity contribution in [1.82, 2.24) is 9.61 Å². The van der Waals surface area contributed by atoms with Crippen LogP contribution in [0.5, 0.6) is 0 Å². The fraction of sp³-hybridized carbons (Fsp3) is 0.235. The van der Waals surface area contributed by atoms with Crippen LogP contribution in [0.4, 0.5) is 19.0 Å². The SMILES string of the molecule is O=S(=O)(Nc1ccc(Cl)c2cc(C3CC3)nn12)c1ccc(Cl)c(C(F)(F)F)c1. The fourth-order valence-corrected chi connectivity index (χ4v) is 4.29. The Balaban J connectivity index is 1.75. The number of aromatic nitrogens is 2. The lowest BCUT2D eigenvalue weighted by molar-refractivity contribution is -0.137. The smallest absolute Gasteiger partial charge is 0.263 e. The van der Waals surface area contributed by atoms with Crippen LogP contribution in [0.1, 0.15) is 30.0 Å². The van der Waals surface area contributed by atoms with E-state index in [9.17, 15) is 21.6 Å². The molecule has 1 fully saturated rings. The van der Waals surface area contributed by atoms with Gasteiger partial charge in [0.15, 0.2) is 0 Å². The van der Waals surface area contributed by atoms with E-state index in [-0.39, 0.29) is 5.82 Å². The molecule has 0 saturated heterocycles. The lowest BCUT2D eigenvalue weighted by Crippen LogP contribution is -2.17. The maximum Gasteiger partial charge on any atom is 0.417 e. The van der Waals surface area contributed by atoms with Gasteiger partial charge in [-0.25, -0.2) is 12.9 Å². The normalized spacial score (nSPS) is 15.2. The van der Waals surface area contributed by atoms with Gasteiger partial charge in [0, 0.05) is 5.92 Å². The Kier molecular flexibility index (Phi) is 4.52. The number of sulfonamides is 1. The van der Waals surface area contributed by atoms with Crippen LogP contribution in [0.3, 0.4) is 0 Å². The molecule has 0 aliphatic heterocycles. The molecular formula is C17H12Cl2F3N3O2S. The first-order chi connectivity index (χ1) is 13.1. The van der Waals surface area contributed by atoms with Crippen LogP contribution >= 0.6 is 23.2 Å². The van der Waals surface area contributed by atoms with Crippen LogP contribution in [0, 0.1) is 0 Å². The molecule has 0 atom stereocenters. The second-order valence-corrected chi connectivity index (χ2v) is 8.95. The van der Waals surface area contributed by atoms with Gasteiger partial charge in [0.25, 0.3) is 10.0 Å². The Hall–Kier alpha value is -1.97. The predicted molar refractivity (Wildman–Crippen MR) is 99.4 cm³/mol. The van der Waals surface area contributed by atoms with E-state index in [0.717, 1.165) is 30.7 Å². The molecule has 1 aliphatic carbocycles. The average molecular weight is 450 g/mol. The molecule has 5 nitrogen and oxygen atoms in total. The molecule has 148 valence electrons. The number of alkyl halides is 3. The Bertz CT molecular complexity index is 1190. The van der Waals surface area contributed by atoms with Crippen LogP contribution in [0.2, 0.25) is 10.0 Å². The zero-order valence-electron chi connectivity index (χ0n) is 14.0. The molecule has 3 aromatic rings. The van der Waals surface area contributed by atoms with Crippen LogP contribution < -0.4 is 4.72 Å². The molecule has 2 heterocycles. The Labute approximate surface area is 168 Å². The molecule has 11 heteroatoms. The number of rotatable bonds is 4. The predicted octanol–water partition coefficient (Wildman–Crippen LogP) is 5.34. The summed E-state index contributed by atoms with van der Waals surface area (Å²) in [7, 11) is -4.33. The monoisotopic (exact) mass is 449 g/mol. The van der Waals surface area contributed by atoms with E-state index >= 15 is 0 Å². The highest BCUT2D eigenvalue weighted by molar-refractivity contribution is 7.92. The van der Waals surface area contributed by atoms with E-state index < -0.39 is 31.7 Å². The fourth-order valence-electron chi connectivity index (χ4n) is 2.80. The summed E-state index contributed by atoms with van der Waals surface area (Å²) in [5.41, 5.74) is 0.0728. The number of benzene rings is 1. The molecular weight excluding hydrogens is 438 g/mol. The lowest BCUT2D eigenvalue weighted by Gasteiger charge is -2.13. The maximum absolute atomic E-state index is 13.1. The van der Waals surface area contributed by atoms with Crippen molar-refractivity contribution < 1.29 is 21.6 Å². The van der Waals surface area contributed by atoms with Crippen molar-refractivity contribution in [2.45, 2.75) is 29.8 Å². The summed E-state index contributed by atoms with van der Waals surface area (Å²) < 4.78 is 68.1. The minimum absolute atomic E-state index is 0.0646. The van der Waals surface area contributed by atoms with Gasteiger partial charge in [-0.3, -0.25) is 4.72 Å². The summed E-state index contributed by atoms with van der Waals surface area (Å²) >= 11 is 11.7. The van der Waals surface area contributed by atoms with E-state index in [0.29, 0.717) is 22.5 Å². The average Bonchev–Trinajstić information content (AvgIpc) is 3.35. The summed E-state index contributed by atoms with van der Waals surface area (Å²) in [6.45, 7) is 0. The third-order valence-corrected chi connectivity index (χ3v) is 6.38. The number of fused-ring (bicyclic) bond motifs is 1. The van der Waals surface area contributed by atoms with Gasteiger partial charge in [0.1, 0.15) is 5.82 Å². The molecule has 1 aliphatic rings. The molecule has 0 spiro atoms. The highest BCUT2D eigenvalue weighted by Gasteiger charge is 2.34. The number of hydrogen-bond acceptors (Lipinski definition) is 3. The minimum atomic E-state index is -4.78. The second kappa shape index (κ2) is 6.53. The number of hydrogen-bond donors (Lipinski definition) is 1. The van der Waals surface area contributed by atoms with E-state index in [1.165, 1.54) is 16.6 Å². The number of anilines is 1. The van der Waals surface area contributed by atoms with E-state index in [4.69, 9.17) is 23.2 Å². The zero-order valence-corrected chi connectivity index (χ0v) is 16.3. The van der Waals surface area contributed by atoms with Gasteiger partial charge >= 0.3 is 6.18 Å². The lowest BCUT2D eigenvalue weighted by atomic mass is 10.2. The molecule has 1 N–H and O–H groups in total. The highest BCUT2D eigenvalue weighted by Crippen LogP contribution is 2.41. The van der Waals surface area contributed by atoms with Crippen molar-refractivity contribution in [2.75, 3.05) is 4.72 Å². The third kappa shape index (κ3) is 3.54. The zero-order chi connectivity index (χ0) is 20.3. The summed E-state index contributed by atoms with van der Waals surface area (Å²) in [6.07, 6.45) is -2.79. The summed E-state index contributed by atoms with van der Waals surface area (Å²) in [6, 6.07) is 7.08. The Morgan fingerprint density at radius 3 is 2.39 bits per heavy atom. The summed E-state index contributed by atoms with van der Waals surface area (Å²) in [5.74, 6) is 0.376. The Morgan fingerprint density at radius 1 is 1.07 bits per heavy atom. The van der Waals surface area contributed by atoms with Crippen LogP contribution in [-0.2, 0) is 16.2 Å². The number of halogens is 5. The van der Waals surface area contributed by atoms with Crippen molar-refractivity contribution >= 4 is 44.6 Å². The number of pyridine rings is 1. The quantitative estimate of drug-likeness (QED) is 0.584. The van der Waals surface area contributed by atoms with Crippen molar-refractivity contribution in [2.24, 2.45) is 0 Å². The van der Waals surface area contributed by atoms with Gasteiger partial charge in [0.05, 0.1) is 31.7 Å². The topological polar surface area (TPSA) is 63.5 Å². The van der Waals surface area contributed by atoms with Gasteiger partial charge in [-0.15, -0.1) is 0 Å². The van der Waals surface area contributed by atoms with Crippen molar-refractivity contribution in [3.63, 3.8) is 0 Å². The van der Waals surface area contributed by atoms with Gasteiger partial charge in [-0.05, 0) is 49.2 Å². The van der Waals surface area contributed by atoms with Crippen LogP contribution in [-0.4, -0.2) is 18.0 Å². The van der Waals surface area contributed by atoms with Gasteiger partial charge in [-0.2, -0.15) is 18.3 Å².